The van der Waals surface area contributed by atoms with Crippen molar-refractivity contribution in [1.82, 2.24) is 0 Å². The van der Waals surface area contributed by atoms with E-state index in [0.717, 1.165) is 154 Å². The number of allylic oxidation sites excluding steroid dienone is 20. The van der Waals surface area contributed by atoms with E-state index in [4.69, 9.17) is 23.3 Å². The van der Waals surface area contributed by atoms with Crippen LogP contribution in [-0.4, -0.2) is 66.5 Å². The first-order valence-electron chi connectivity index (χ1n) is 29.4. The van der Waals surface area contributed by atoms with Gasteiger partial charge < -0.3 is 24.2 Å². The number of hydrogen-bond acceptors (Lipinski definition) is 10. The number of aliphatic hydroxyl groups excluding tert-OH is 1. The Morgan fingerprint density at radius 1 is 0.382 bits per heavy atom. The maximum Gasteiger partial charge on any atom is 0.472 e. The number of carbonyl (C=O) groups is 3. The number of esters is 3. The average molecular weight is 1080 g/mol. The molecular weight excluding hydrogens is 976 g/mol. The van der Waals surface area contributed by atoms with Gasteiger partial charge in [-0.2, -0.15) is 0 Å². The smallest absolute Gasteiger partial charge is 0.462 e. The molecule has 0 radical (unpaired) electrons. The summed E-state index contributed by atoms with van der Waals surface area (Å²) in [4.78, 5) is 48.6. The number of phosphoric acid groups is 1. The second kappa shape index (κ2) is 57.1. The average Bonchev–Trinajstić information content (AvgIpc) is 3.41. The van der Waals surface area contributed by atoms with E-state index in [1.165, 1.54) is 12.8 Å². The van der Waals surface area contributed by atoms with Crippen LogP contribution >= 0.6 is 7.82 Å². The summed E-state index contributed by atoms with van der Waals surface area (Å²) in [5.41, 5.74) is 0. The second-order valence-electron chi connectivity index (χ2n) is 19.0. The topological polar surface area (TPSA) is 155 Å². The SMILES string of the molecule is CC/C=C\C/C=C\C/C=C\C/C=C\C/C=C\CCCCCC(=O)OCC(COP(=O)(O)OCC(CO)OC(=O)CCCCCCC/C=C\CCCC)OC(=O)CCCCCCCC/C=C\C/C=C\C/C=C\C/C=C\CC. The van der Waals surface area contributed by atoms with Crippen molar-refractivity contribution < 1.29 is 52.2 Å². The van der Waals surface area contributed by atoms with E-state index in [9.17, 15) is 28.9 Å². The predicted molar refractivity (Wildman–Crippen MR) is 316 cm³/mol. The summed E-state index contributed by atoms with van der Waals surface area (Å²) >= 11 is 0. The van der Waals surface area contributed by atoms with Gasteiger partial charge in [-0.15, -0.1) is 0 Å². The molecule has 0 saturated heterocycles. The maximum absolute atomic E-state index is 12.9. The van der Waals surface area contributed by atoms with Crippen LogP contribution in [0.3, 0.4) is 0 Å². The Morgan fingerprint density at radius 2 is 0.684 bits per heavy atom. The van der Waals surface area contributed by atoms with Crippen molar-refractivity contribution in [3.63, 3.8) is 0 Å². The Morgan fingerprint density at radius 3 is 1.08 bits per heavy atom. The predicted octanol–water partition coefficient (Wildman–Crippen LogP) is 17.6. The number of hydrogen-bond donors (Lipinski definition) is 2. The number of unbranched alkanes of at least 4 members (excludes halogenated alkanes) is 16. The largest absolute Gasteiger partial charge is 0.472 e. The van der Waals surface area contributed by atoms with Gasteiger partial charge in [0.15, 0.2) is 6.10 Å². The molecule has 0 amide bonds. The Hall–Kier alpha value is -4.12. The molecule has 11 nitrogen and oxygen atoms in total. The Bertz CT molecular complexity index is 1740. The molecule has 0 aliphatic rings. The quantitative estimate of drug-likeness (QED) is 0.0197. The maximum atomic E-state index is 12.9. The molecule has 432 valence electrons. The van der Waals surface area contributed by atoms with Gasteiger partial charge in [0.1, 0.15) is 12.7 Å². The Balaban J connectivity index is 4.83. The van der Waals surface area contributed by atoms with E-state index in [-0.39, 0.29) is 25.9 Å². The zero-order valence-electron chi connectivity index (χ0n) is 47.7. The van der Waals surface area contributed by atoms with Gasteiger partial charge in [0.25, 0.3) is 0 Å². The molecule has 0 spiro atoms. The minimum atomic E-state index is -4.77. The summed E-state index contributed by atoms with van der Waals surface area (Å²) in [6, 6.07) is 0. The molecule has 76 heavy (non-hydrogen) atoms. The number of ether oxygens (including phenoxy) is 3. The van der Waals surface area contributed by atoms with E-state index in [2.05, 4.69) is 142 Å². The fraction of sp³-hybridized carbons (Fsp3) is 0.641. The van der Waals surface area contributed by atoms with Gasteiger partial charge >= 0.3 is 25.7 Å². The number of phosphoric ester groups is 1. The van der Waals surface area contributed by atoms with Crippen LogP contribution in [0, 0.1) is 0 Å². The lowest BCUT2D eigenvalue weighted by molar-refractivity contribution is -0.161. The van der Waals surface area contributed by atoms with Crippen LogP contribution in [0.15, 0.2) is 122 Å². The van der Waals surface area contributed by atoms with Crippen LogP contribution in [0.1, 0.15) is 226 Å². The molecule has 3 unspecified atom stereocenters. The van der Waals surface area contributed by atoms with Crippen molar-refractivity contribution in [2.45, 2.75) is 238 Å². The highest BCUT2D eigenvalue weighted by Gasteiger charge is 2.28. The molecule has 12 heteroatoms. The molecule has 2 N–H and O–H groups in total. The standard InChI is InChI=1S/C64H105O11P/c1-4-7-10-13-16-19-22-24-26-28-30-32-34-36-39-41-44-47-50-53-62(66)71-57-61(75-64(68)55-52-49-46-43-40-37-35-33-31-29-27-25-23-20-17-14-11-8-5-2)59-73-76(69,70)72-58-60(56-65)74-63(67)54-51-48-45-42-38-21-18-15-12-9-6-3/h7-8,10-11,15-20,24-27,30-33,36,39,60-61,65H,4-6,9,12-14,21-23,28-29,34-35,37-38,40-59H2,1-3H3,(H,69,70)/b10-7-,11-8-,18-15-,19-16-,20-17-,26-24-,27-25-,32-30-,33-31-,39-36-. The van der Waals surface area contributed by atoms with Crippen LogP contribution in [0.4, 0.5) is 0 Å². The van der Waals surface area contributed by atoms with E-state index in [0.29, 0.717) is 19.3 Å². The van der Waals surface area contributed by atoms with Crippen molar-refractivity contribution in [3.8, 4) is 0 Å². The van der Waals surface area contributed by atoms with Gasteiger partial charge in [-0.25, -0.2) is 4.57 Å². The lowest BCUT2D eigenvalue weighted by atomic mass is 10.1. The van der Waals surface area contributed by atoms with Gasteiger partial charge in [0, 0.05) is 19.3 Å². The lowest BCUT2D eigenvalue weighted by Crippen LogP contribution is -2.30. The zero-order valence-corrected chi connectivity index (χ0v) is 48.6. The number of rotatable bonds is 53. The molecule has 0 aromatic carbocycles. The van der Waals surface area contributed by atoms with Crippen LogP contribution in [0.5, 0.6) is 0 Å². The van der Waals surface area contributed by atoms with Crippen molar-refractivity contribution in [2.75, 3.05) is 26.4 Å². The van der Waals surface area contributed by atoms with Crippen molar-refractivity contribution in [1.29, 1.82) is 0 Å². The van der Waals surface area contributed by atoms with E-state index in [1.807, 2.05) is 0 Å². The normalized spacial score (nSPS) is 14.2. The highest BCUT2D eigenvalue weighted by atomic mass is 31.2. The third-order valence-electron chi connectivity index (χ3n) is 11.8. The highest BCUT2D eigenvalue weighted by molar-refractivity contribution is 7.47. The summed E-state index contributed by atoms with van der Waals surface area (Å²) in [6.45, 7) is 4.30. The summed E-state index contributed by atoms with van der Waals surface area (Å²) in [5, 5.41) is 9.80. The minimum absolute atomic E-state index is 0.137. The molecule has 0 bridgehead atoms. The molecule has 3 atom stereocenters. The summed E-state index contributed by atoms with van der Waals surface area (Å²) in [5.74, 6) is -1.54. The van der Waals surface area contributed by atoms with Crippen molar-refractivity contribution in [3.05, 3.63) is 122 Å². The van der Waals surface area contributed by atoms with Crippen molar-refractivity contribution in [2.24, 2.45) is 0 Å². The minimum Gasteiger partial charge on any atom is -0.462 e. The summed E-state index contributed by atoms with van der Waals surface area (Å²) < 4.78 is 39.5. The summed E-state index contributed by atoms with van der Waals surface area (Å²) in [7, 11) is -4.77. The zero-order chi connectivity index (χ0) is 55.5. The Kier molecular flexibility index (Phi) is 54.0. The summed E-state index contributed by atoms with van der Waals surface area (Å²) in [6.07, 6.45) is 70.1. The fourth-order valence-electron chi connectivity index (χ4n) is 7.41. The van der Waals surface area contributed by atoms with E-state index >= 15 is 0 Å². The second-order valence-corrected chi connectivity index (χ2v) is 20.5. The lowest BCUT2D eigenvalue weighted by Gasteiger charge is -2.21. The third-order valence-corrected chi connectivity index (χ3v) is 12.8. The molecule has 0 fully saturated rings. The first-order chi connectivity index (χ1) is 37.2. The van der Waals surface area contributed by atoms with Crippen molar-refractivity contribution >= 4 is 25.7 Å². The van der Waals surface area contributed by atoms with Gasteiger partial charge in [0.05, 0.1) is 19.8 Å². The molecule has 0 aliphatic carbocycles. The highest BCUT2D eigenvalue weighted by Crippen LogP contribution is 2.43. The van der Waals surface area contributed by atoms with Gasteiger partial charge in [-0.1, -0.05) is 206 Å². The van der Waals surface area contributed by atoms with Crippen LogP contribution in [-0.2, 0) is 42.2 Å². The third kappa shape index (κ3) is 54.7. The molecule has 0 aromatic heterocycles. The first kappa shape index (κ1) is 71.9. The van der Waals surface area contributed by atoms with E-state index in [1.54, 1.807) is 0 Å². The number of carbonyl (C=O) groups excluding carboxylic acids is 3. The fourth-order valence-corrected chi connectivity index (χ4v) is 8.20. The first-order valence-corrected chi connectivity index (χ1v) is 30.9. The monoisotopic (exact) mass is 1080 g/mol. The molecule has 0 rings (SSSR count). The molecule has 0 saturated carbocycles. The molecule has 0 aliphatic heterocycles. The molecule has 0 aromatic rings. The van der Waals surface area contributed by atoms with Crippen LogP contribution in [0.2, 0.25) is 0 Å². The van der Waals surface area contributed by atoms with Gasteiger partial charge in [0.2, 0.25) is 0 Å². The van der Waals surface area contributed by atoms with E-state index < -0.39 is 57.8 Å². The molecular formula is C64H105O11P. The van der Waals surface area contributed by atoms with Gasteiger partial charge in [-0.3, -0.25) is 23.4 Å². The number of aliphatic hydroxyl groups is 1. The Labute approximate surface area is 462 Å². The van der Waals surface area contributed by atoms with Crippen LogP contribution < -0.4 is 0 Å². The van der Waals surface area contributed by atoms with Gasteiger partial charge in [-0.05, 0) is 122 Å². The van der Waals surface area contributed by atoms with Crippen LogP contribution in [0.25, 0.3) is 0 Å². The molecule has 0 heterocycles.